The molecule has 6 rings (SSSR count). The summed E-state index contributed by atoms with van der Waals surface area (Å²) < 4.78 is -1.99. The molecule has 1 saturated heterocycles. The van der Waals surface area contributed by atoms with Crippen molar-refractivity contribution in [3.63, 3.8) is 0 Å². The summed E-state index contributed by atoms with van der Waals surface area (Å²) in [5, 5.41) is 0. The molecule has 0 aromatic heterocycles. The predicted molar refractivity (Wildman–Crippen MR) is 137 cm³/mol. The van der Waals surface area contributed by atoms with Crippen LogP contribution in [0.25, 0.3) is 0 Å². The molecule has 0 radical (unpaired) electrons. The summed E-state index contributed by atoms with van der Waals surface area (Å²) in [6.45, 7) is 0.491. The second kappa shape index (κ2) is 7.67. The Balaban J connectivity index is 1.62. The molecule has 0 unspecified atom stereocenters. The van der Waals surface area contributed by atoms with Gasteiger partial charge in [-0.1, -0.05) is 66.7 Å². The Labute approximate surface area is 202 Å². The molecule has 3 aliphatic heterocycles. The molecule has 0 aliphatic carbocycles. The molecular weight excluding hydrogens is 448 g/mol. The number of carbonyl (C=O) groups excluding carboxylic acids is 2. The summed E-state index contributed by atoms with van der Waals surface area (Å²) >= 11 is 3.33. The van der Waals surface area contributed by atoms with Gasteiger partial charge in [0, 0.05) is 29.5 Å². The topological polar surface area (TPSA) is 40.6 Å². The number of hydrogen-bond acceptors (Lipinski definition) is 4. The van der Waals surface area contributed by atoms with Crippen molar-refractivity contribution < 1.29 is 9.59 Å². The second-order valence-electron chi connectivity index (χ2n) is 8.69. The number of thioether (sulfide) groups is 2. The van der Waals surface area contributed by atoms with Crippen molar-refractivity contribution in [1.29, 1.82) is 0 Å². The summed E-state index contributed by atoms with van der Waals surface area (Å²) in [6, 6.07) is 26.2. The third-order valence-corrected chi connectivity index (χ3v) is 10.4. The number of carbonyl (C=O) groups is 2. The van der Waals surface area contributed by atoms with E-state index in [9.17, 15) is 9.59 Å². The zero-order valence-electron chi connectivity index (χ0n) is 18.4. The maximum Gasteiger partial charge on any atom is 0.250 e. The second-order valence-corrected chi connectivity index (χ2v) is 11.3. The molecule has 4 nitrogen and oxygen atoms in total. The van der Waals surface area contributed by atoms with E-state index in [2.05, 4.69) is 18.2 Å². The molecule has 2 atom stereocenters. The first-order chi connectivity index (χ1) is 16.1. The summed E-state index contributed by atoms with van der Waals surface area (Å²) in [6.07, 6.45) is 0.964. The van der Waals surface area contributed by atoms with Gasteiger partial charge in [0.2, 0.25) is 5.91 Å². The van der Waals surface area contributed by atoms with Gasteiger partial charge in [-0.2, -0.15) is 0 Å². The minimum absolute atomic E-state index is 0.00724. The van der Waals surface area contributed by atoms with Crippen molar-refractivity contribution in [2.75, 3.05) is 28.4 Å². The summed E-state index contributed by atoms with van der Waals surface area (Å²) in [7, 11) is 1.84. The Bertz CT molecular complexity index is 1260. The maximum atomic E-state index is 14.6. The first kappa shape index (κ1) is 20.9. The van der Waals surface area contributed by atoms with Gasteiger partial charge in [-0.25, -0.2) is 0 Å². The minimum atomic E-state index is -1.00. The van der Waals surface area contributed by atoms with Gasteiger partial charge in [0.15, 0.2) is 0 Å². The van der Waals surface area contributed by atoms with Crippen LogP contribution in [0.4, 0.5) is 11.4 Å². The Morgan fingerprint density at radius 3 is 1.97 bits per heavy atom. The lowest BCUT2D eigenvalue weighted by atomic mass is 9.80. The average Bonchev–Trinajstić information content (AvgIpc) is 3.10. The van der Waals surface area contributed by atoms with Crippen LogP contribution in [-0.4, -0.2) is 30.4 Å². The van der Waals surface area contributed by atoms with Crippen LogP contribution < -0.4 is 9.80 Å². The van der Waals surface area contributed by atoms with Crippen LogP contribution in [0.5, 0.6) is 0 Å². The first-order valence-corrected chi connectivity index (χ1v) is 13.2. The lowest BCUT2D eigenvalue weighted by molar-refractivity contribution is -0.127. The van der Waals surface area contributed by atoms with E-state index in [0.717, 1.165) is 46.0 Å². The van der Waals surface area contributed by atoms with Gasteiger partial charge in [-0.3, -0.25) is 9.59 Å². The molecule has 1 fully saturated rings. The third-order valence-electron chi connectivity index (χ3n) is 6.98. The van der Waals surface area contributed by atoms with Crippen LogP contribution in [0.1, 0.15) is 23.1 Å². The van der Waals surface area contributed by atoms with Gasteiger partial charge in [0.05, 0.1) is 6.54 Å². The standard InChI is InChI=1S/C27H24N2O2S2/c1-28-22-14-7-5-12-20(22)26(24(28)30)27(33-17-9-16-32-26)21-13-6-8-15-23(21)29(25(27)31)18-19-10-3-2-4-11-19/h2-8,10-15H,9,16-18H2,1H3/t26-,27-/m1/s1. The highest BCUT2D eigenvalue weighted by molar-refractivity contribution is 8.06. The van der Waals surface area contributed by atoms with Crippen molar-refractivity contribution in [2.45, 2.75) is 22.5 Å². The summed E-state index contributed by atoms with van der Waals surface area (Å²) in [5.74, 6) is 1.71. The fourth-order valence-corrected chi connectivity index (χ4v) is 9.22. The lowest BCUT2D eigenvalue weighted by Crippen LogP contribution is -2.55. The Morgan fingerprint density at radius 1 is 0.727 bits per heavy atom. The molecule has 0 saturated carbocycles. The van der Waals surface area contributed by atoms with Crippen molar-refractivity contribution in [3.8, 4) is 0 Å². The summed E-state index contributed by atoms with van der Waals surface area (Å²) in [4.78, 5) is 32.5. The number of hydrogen-bond donors (Lipinski definition) is 0. The van der Waals surface area contributed by atoms with E-state index in [1.807, 2.05) is 72.6 Å². The van der Waals surface area contributed by atoms with Crippen LogP contribution in [0.3, 0.4) is 0 Å². The molecule has 33 heavy (non-hydrogen) atoms. The van der Waals surface area contributed by atoms with Crippen LogP contribution in [0.2, 0.25) is 0 Å². The molecule has 3 aromatic carbocycles. The predicted octanol–water partition coefficient (Wildman–Crippen LogP) is 5.17. The number of anilines is 2. The number of benzene rings is 3. The van der Waals surface area contributed by atoms with Crippen molar-refractivity contribution in [2.24, 2.45) is 0 Å². The number of nitrogens with zero attached hydrogens (tertiary/aromatic N) is 2. The summed E-state index contributed by atoms with van der Waals surface area (Å²) in [5.41, 5.74) is 4.82. The smallest absolute Gasteiger partial charge is 0.250 e. The fraction of sp³-hybridized carbons (Fsp3) is 0.259. The van der Waals surface area contributed by atoms with Gasteiger partial charge in [0.1, 0.15) is 9.49 Å². The van der Waals surface area contributed by atoms with E-state index in [0.29, 0.717) is 6.54 Å². The zero-order valence-corrected chi connectivity index (χ0v) is 20.0. The molecule has 2 spiro atoms. The number of rotatable bonds is 2. The largest absolute Gasteiger partial charge is 0.314 e. The fourth-order valence-electron chi connectivity index (χ4n) is 5.54. The van der Waals surface area contributed by atoms with E-state index in [1.165, 1.54) is 0 Å². The van der Waals surface area contributed by atoms with Gasteiger partial charge in [0.25, 0.3) is 5.91 Å². The van der Waals surface area contributed by atoms with E-state index in [-0.39, 0.29) is 11.8 Å². The van der Waals surface area contributed by atoms with E-state index in [4.69, 9.17) is 0 Å². The molecule has 3 aliphatic rings. The van der Waals surface area contributed by atoms with Crippen LogP contribution in [0.15, 0.2) is 78.9 Å². The number of amides is 2. The average molecular weight is 473 g/mol. The van der Waals surface area contributed by atoms with E-state index >= 15 is 0 Å². The highest BCUT2D eigenvalue weighted by Gasteiger charge is 2.71. The monoisotopic (exact) mass is 472 g/mol. The number of para-hydroxylation sites is 2. The van der Waals surface area contributed by atoms with Crippen molar-refractivity contribution in [3.05, 3.63) is 95.6 Å². The third kappa shape index (κ3) is 2.68. The quantitative estimate of drug-likeness (QED) is 0.516. The molecule has 166 valence electrons. The van der Waals surface area contributed by atoms with E-state index in [1.54, 1.807) is 28.4 Å². The molecule has 2 amide bonds. The molecule has 3 aromatic rings. The Hall–Kier alpha value is -2.70. The maximum absolute atomic E-state index is 14.6. The van der Waals surface area contributed by atoms with Crippen LogP contribution in [0, 0.1) is 0 Å². The molecule has 3 heterocycles. The molecule has 0 N–H and O–H groups in total. The zero-order chi connectivity index (χ0) is 22.6. The molecule has 0 bridgehead atoms. The van der Waals surface area contributed by atoms with E-state index < -0.39 is 9.49 Å². The van der Waals surface area contributed by atoms with Gasteiger partial charge in [-0.15, -0.1) is 23.5 Å². The van der Waals surface area contributed by atoms with Crippen molar-refractivity contribution >= 4 is 46.7 Å². The molecular formula is C27H24N2O2S2. The van der Waals surface area contributed by atoms with Crippen LogP contribution in [-0.2, 0) is 25.6 Å². The van der Waals surface area contributed by atoms with Gasteiger partial charge >= 0.3 is 0 Å². The van der Waals surface area contributed by atoms with Crippen molar-refractivity contribution in [1.82, 2.24) is 0 Å². The lowest BCUT2D eigenvalue weighted by Gasteiger charge is -2.42. The van der Waals surface area contributed by atoms with Crippen LogP contribution >= 0.6 is 23.5 Å². The molecule has 6 heteroatoms. The SMILES string of the molecule is CN1C(=O)[C@]2(SCCCS[C@]23C(=O)N(Cc2ccccc2)c2ccccc23)c2ccccc21. The normalized spacial score (nSPS) is 26.1. The number of fused-ring (bicyclic) bond motifs is 5. The van der Waals surface area contributed by atoms with Gasteiger partial charge < -0.3 is 9.80 Å². The first-order valence-electron chi connectivity index (χ1n) is 11.2. The highest BCUT2D eigenvalue weighted by Crippen LogP contribution is 2.68. The Kier molecular flexibility index (Phi) is 4.85. The number of likely N-dealkylation sites (N-methyl/N-ethyl adjacent to an activating group) is 1. The van der Waals surface area contributed by atoms with Gasteiger partial charge in [-0.05, 0) is 35.6 Å². The Morgan fingerprint density at radius 2 is 1.27 bits per heavy atom. The minimum Gasteiger partial charge on any atom is -0.314 e. The highest BCUT2D eigenvalue weighted by atomic mass is 32.2.